The van der Waals surface area contributed by atoms with Crippen LogP contribution in [0.15, 0.2) is 30.6 Å². The summed E-state index contributed by atoms with van der Waals surface area (Å²) < 4.78 is 84.3. The van der Waals surface area contributed by atoms with E-state index in [1.807, 2.05) is 0 Å². The number of alkyl halides is 3. The van der Waals surface area contributed by atoms with Gasteiger partial charge in [0.2, 0.25) is 0 Å². The molecule has 0 spiro atoms. The Bertz CT molecular complexity index is 1240. The minimum Gasteiger partial charge on any atom is -0.493 e. The van der Waals surface area contributed by atoms with E-state index >= 15 is 0 Å². The molecule has 14 heteroatoms. The summed E-state index contributed by atoms with van der Waals surface area (Å²) >= 11 is 11.5. The molecule has 0 unspecified atom stereocenters. The van der Waals surface area contributed by atoms with Crippen molar-refractivity contribution in [3.05, 3.63) is 46.5 Å². The van der Waals surface area contributed by atoms with Gasteiger partial charge in [0.1, 0.15) is 12.1 Å². The van der Waals surface area contributed by atoms with E-state index in [2.05, 4.69) is 19.5 Å². The number of ether oxygens (including phenoxy) is 1. The third kappa shape index (κ3) is 4.16. The Morgan fingerprint density at radius 2 is 1.80 bits per heavy atom. The van der Waals surface area contributed by atoms with Gasteiger partial charge in [0.25, 0.3) is 0 Å². The first-order valence-corrected chi connectivity index (χ1v) is 9.85. The van der Waals surface area contributed by atoms with Crippen molar-refractivity contribution < 1.29 is 34.9 Å². The Kier molecular flexibility index (Phi) is 5.85. The molecule has 0 aliphatic heterocycles. The van der Waals surface area contributed by atoms with Gasteiger partial charge in [0.05, 0.1) is 28.4 Å². The molecule has 30 heavy (non-hydrogen) atoms. The molecule has 0 amide bonds. The molecule has 0 aliphatic rings. The SMILES string of the molecule is COc1cc2ncnc(Nc3ccc(Cl)c(Cl)c3F)c2cc1OS(=O)(=O)C(F)(F)F. The van der Waals surface area contributed by atoms with Crippen molar-refractivity contribution in [2.75, 3.05) is 12.4 Å². The van der Waals surface area contributed by atoms with Gasteiger partial charge < -0.3 is 14.2 Å². The predicted octanol–water partition coefficient (Wildman–Crippen LogP) is 5.06. The maximum absolute atomic E-state index is 14.3. The van der Waals surface area contributed by atoms with Crippen LogP contribution in [0.5, 0.6) is 11.5 Å². The number of nitrogens with one attached hydrogen (secondary N) is 1. The van der Waals surface area contributed by atoms with E-state index < -0.39 is 27.2 Å². The lowest BCUT2D eigenvalue weighted by atomic mass is 10.2. The lowest BCUT2D eigenvalue weighted by molar-refractivity contribution is -0.0500. The van der Waals surface area contributed by atoms with Crippen LogP contribution in [0.2, 0.25) is 10.0 Å². The zero-order chi connectivity index (χ0) is 22.3. The average Bonchev–Trinajstić information content (AvgIpc) is 2.67. The van der Waals surface area contributed by atoms with E-state index in [0.29, 0.717) is 0 Å². The number of methoxy groups -OCH3 is 1. The second-order valence-corrected chi connectivity index (χ2v) is 7.90. The van der Waals surface area contributed by atoms with Crippen LogP contribution in [0.1, 0.15) is 0 Å². The fourth-order valence-electron chi connectivity index (χ4n) is 2.30. The van der Waals surface area contributed by atoms with Gasteiger partial charge in [-0.15, -0.1) is 0 Å². The fourth-order valence-corrected chi connectivity index (χ4v) is 3.08. The summed E-state index contributed by atoms with van der Waals surface area (Å²) in [5.41, 5.74) is -5.67. The van der Waals surface area contributed by atoms with E-state index in [4.69, 9.17) is 27.9 Å². The minimum atomic E-state index is -5.97. The Balaban J connectivity index is 2.13. The number of hydrogen-bond donors (Lipinski definition) is 1. The number of halogens is 6. The molecule has 0 fully saturated rings. The normalized spacial score (nSPS) is 12.1. The molecular weight excluding hydrogens is 477 g/mol. The van der Waals surface area contributed by atoms with Gasteiger partial charge in [0.15, 0.2) is 17.3 Å². The number of nitrogens with zero attached hydrogens (tertiary/aromatic N) is 2. The van der Waals surface area contributed by atoms with Crippen LogP contribution in [0.3, 0.4) is 0 Å². The summed E-state index contributed by atoms with van der Waals surface area (Å²) in [6.07, 6.45) is 1.09. The maximum Gasteiger partial charge on any atom is 0.534 e. The first-order valence-electron chi connectivity index (χ1n) is 7.68. The first-order chi connectivity index (χ1) is 13.9. The van der Waals surface area contributed by atoms with Crippen molar-refractivity contribution in [1.82, 2.24) is 9.97 Å². The Morgan fingerprint density at radius 3 is 2.43 bits per heavy atom. The summed E-state index contributed by atoms with van der Waals surface area (Å²) in [7, 11) is -4.88. The molecule has 1 N–H and O–H groups in total. The number of aromatic nitrogens is 2. The van der Waals surface area contributed by atoms with Crippen LogP contribution in [0.25, 0.3) is 10.9 Å². The summed E-state index contributed by atoms with van der Waals surface area (Å²) in [4.78, 5) is 7.84. The van der Waals surface area contributed by atoms with Crippen molar-refractivity contribution >= 4 is 55.7 Å². The molecule has 1 heterocycles. The smallest absolute Gasteiger partial charge is 0.493 e. The van der Waals surface area contributed by atoms with E-state index in [1.165, 1.54) is 12.1 Å². The van der Waals surface area contributed by atoms with Crippen LogP contribution in [-0.4, -0.2) is 31.0 Å². The fraction of sp³-hybridized carbons (Fsp3) is 0.125. The molecule has 0 radical (unpaired) electrons. The highest BCUT2D eigenvalue weighted by Gasteiger charge is 2.49. The van der Waals surface area contributed by atoms with Gasteiger partial charge in [-0.1, -0.05) is 23.2 Å². The van der Waals surface area contributed by atoms with E-state index in [9.17, 15) is 26.0 Å². The monoisotopic (exact) mass is 485 g/mol. The largest absolute Gasteiger partial charge is 0.534 e. The Hall–Kier alpha value is -2.57. The molecule has 1 aromatic heterocycles. The highest BCUT2D eigenvalue weighted by molar-refractivity contribution is 7.88. The van der Waals surface area contributed by atoms with Gasteiger partial charge in [-0.25, -0.2) is 14.4 Å². The quantitative estimate of drug-likeness (QED) is 0.234. The predicted molar refractivity (Wildman–Crippen MR) is 101 cm³/mol. The third-order valence-corrected chi connectivity index (χ3v) is 5.44. The molecule has 3 aromatic rings. The average molecular weight is 486 g/mol. The van der Waals surface area contributed by atoms with Crippen LogP contribution >= 0.6 is 23.2 Å². The van der Waals surface area contributed by atoms with Crippen LogP contribution in [0.4, 0.5) is 29.1 Å². The number of hydrogen-bond acceptors (Lipinski definition) is 7. The minimum absolute atomic E-state index is 0.0103. The van der Waals surface area contributed by atoms with Gasteiger partial charge in [-0.3, -0.25) is 0 Å². The zero-order valence-electron chi connectivity index (χ0n) is 14.6. The Labute approximate surface area is 176 Å². The molecule has 0 atom stereocenters. The van der Waals surface area contributed by atoms with E-state index in [0.717, 1.165) is 25.6 Å². The summed E-state index contributed by atoms with van der Waals surface area (Å²) in [6, 6.07) is 4.61. The van der Waals surface area contributed by atoms with Gasteiger partial charge in [-0.05, 0) is 18.2 Å². The van der Waals surface area contributed by atoms with E-state index in [-0.39, 0.29) is 38.2 Å². The lowest BCUT2D eigenvalue weighted by Gasteiger charge is -2.15. The van der Waals surface area contributed by atoms with Crippen molar-refractivity contribution in [1.29, 1.82) is 0 Å². The highest BCUT2D eigenvalue weighted by Crippen LogP contribution is 2.38. The van der Waals surface area contributed by atoms with Crippen LogP contribution in [-0.2, 0) is 10.1 Å². The van der Waals surface area contributed by atoms with Gasteiger partial charge in [-0.2, -0.15) is 21.6 Å². The molecule has 0 aliphatic carbocycles. The molecule has 160 valence electrons. The van der Waals surface area contributed by atoms with Crippen LogP contribution in [0, 0.1) is 5.82 Å². The summed E-state index contributed by atoms with van der Waals surface area (Å²) in [5, 5.41) is 2.22. The number of anilines is 2. The molecule has 3 rings (SSSR count). The standard InChI is InChI=1S/C16H9Cl2F4N3O4S/c1-28-11-5-10-7(4-12(11)29-30(26,27)16(20,21)22)15(24-6-23-10)25-9-3-2-8(17)13(18)14(9)19/h2-6H,1H3,(H,23,24,25). The zero-order valence-corrected chi connectivity index (χ0v) is 16.9. The van der Waals surface area contributed by atoms with E-state index in [1.54, 1.807) is 0 Å². The topological polar surface area (TPSA) is 90.4 Å². The van der Waals surface area contributed by atoms with Crippen LogP contribution < -0.4 is 14.2 Å². The molecular formula is C16H9Cl2F4N3O4S. The van der Waals surface area contributed by atoms with Gasteiger partial charge in [0, 0.05) is 11.5 Å². The molecule has 0 saturated heterocycles. The first kappa shape index (κ1) is 22.1. The Morgan fingerprint density at radius 1 is 1.10 bits per heavy atom. The lowest BCUT2D eigenvalue weighted by Crippen LogP contribution is -2.28. The molecule has 2 aromatic carbocycles. The third-order valence-electron chi connectivity index (χ3n) is 3.69. The van der Waals surface area contributed by atoms with Crippen molar-refractivity contribution in [3.63, 3.8) is 0 Å². The molecule has 7 nitrogen and oxygen atoms in total. The number of benzene rings is 2. The number of fused-ring (bicyclic) bond motifs is 1. The highest BCUT2D eigenvalue weighted by atomic mass is 35.5. The summed E-state index contributed by atoms with van der Waals surface area (Å²) in [5.74, 6) is -2.08. The van der Waals surface area contributed by atoms with Crippen molar-refractivity contribution in [3.8, 4) is 11.5 Å². The number of rotatable bonds is 5. The maximum atomic E-state index is 14.3. The van der Waals surface area contributed by atoms with Gasteiger partial charge >= 0.3 is 15.6 Å². The second kappa shape index (κ2) is 7.93. The second-order valence-electron chi connectivity index (χ2n) is 5.57. The summed E-state index contributed by atoms with van der Waals surface area (Å²) in [6.45, 7) is 0. The molecule has 0 saturated carbocycles. The van der Waals surface area contributed by atoms with Crippen molar-refractivity contribution in [2.24, 2.45) is 0 Å². The molecule has 0 bridgehead atoms. The van der Waals surface area contributed by atoms with Crippen molar-refractivity contribution in [2.45, 2.75) is 5.51 Å².